The number of nitrogens with zero attached hydrogens (tertiary/aromatic N) is 2. The number of hydrogen-bond acceptors (Lipinski definition) is 3. The average molecular weight is 290 g/mol. The molecular weight excluding hydrogens is 276 g/mol. The second-order valence-electron chi connectivity index (χ2n) is 4.43. The molecular formula is C18H14N2S. The molecule has 1 heterocycles. The van der Waals surface area contributed by atoms with Crippen LogP contribution in [0.1, 0.15) is 11.1 Å². The third kappa shape index (κ3) is 3.58. The van der Waals surface area contributed by atoms with Crippen LogP contribution in [0.5, 0.6) is 0 Å². The maximum absolute atomic E-state index is 4.71. The summed E-state index contributed by atoms with van der Waals surface area (Å²) in [6.45, 7) is 0. The Hall–Kier alpha value is -2.39. The summed E-state index contributed by atoms with van der Waals surface area (Å²) in [5.41, 5.74) is 3.17. The Bertz CT molecular complexity index is 668. The normalized spacial score (nSPS) is 10.1. The molecule has 0 aliphatic rings. The minimum atomic E-state index is 0.891. The van der Waals surface area contributed by atoms with Gasteiger partial charge in [-0.3, -0.25) is 0 Å². The van der Waals surface area contributed by atoms with Gasteiger partial charge in [0.25, 0.3) is 0 Å². The monoisotopic (exact) mass is 290 g/mol. The van der Waals surface area contributed by atoms with E-state index in [2.05, 4.69) is 29.2 Å². The van der Waals surface area contributed by atoms with E-state index >= 15 is 0 Å². The first-order valence-corrected chi connectivity index (χ1v) is 7.48. The predicted octanol–water partition coefficient (Wildman–Crippen LogP) is 4.63. The highest BCUT2D eigenvalue weighted by Gasteiger charge is 2.06. The van der Waals surface area contributed by atoms with Gasteiger partial charge in [0.2, 0.25) is 0 Å². The van der Waals surface area contributed by atoms with E-state index in [1.54, 1.807) is 6.20 Å². The highest BCUT2D eigenvalue weighted by atomic mass is 32.2. The van der Waals surface area contributed by atoms with Crippen molar-refractivity contribution in [2.24, 2.45) is 4.40 Å². The lowest BCUT2D eigenvalue weighted by Crippen LogP contribution is -2.02. The van der Waals surface area contributed by atoms with Gasteiger partial charge in [0, 0.05) is 29.3 Å². The molecule has 102 valence electrons. The van der Waals surface area contributed by atoms with Crippen LogP contribution in [0.25, 0.3) is 0 Å². The zero-order valence-electron chi connectivity index (χ0n) is 11.4. The predicted molar refractivity (Wildman–Crippen MR) is 88.6 cm³/mol. The average Bonchev–Trinajstić information content (AvgIpc) is 2.58. The Morgan fingerprint density at radius 2 is 1.29 bits per heavy atom. The van der Waals surface area contributed by atoms with E-state index in [0.717, 1.165) is 21.9 Å². The standard InChI is InChI=1S/C18H14N2S/c1-3-9-15(10-4-1)18(16-11-5-2-6-12-16)20-21-17-13-7-8-14-19-17/h1-14H. The molecule has 2 aromatic carbocycles. The van der Waals surface area contributed by atoms with E-state index in [9.17, 15) is 0 Å². The third-order valence-corrected chi connectivity index (χ3v) is 3.67. The lowest BCUT2D eigenvalue weighted by atomic mass is 10.0. The first-order valence-electron chi connectivity index (χ1n) is 6.70. The molecule has 0 radical (unpaired) electrons. The summed E-state index contributed by atoms with van der Waals surface area (Å²) in [5.74, 6) is 0. The van der Waals surface area contributed by atoms with E-state index in [-0.39, 0.29) is 0 Å². The first-order chi connectivity index (χ1) is 10.4. The summed E-state index contributed by atoms with van der Waals surface area (Å²) in [5, 5.41) is 0.891. The molecule has 3 rings (SSSR count). The fourth-order valence-electron chi connectivity index (χ4n) is 1.96. The molecule has 0 aliphatic heterocycles. The number of hydrogen-bond donors (Lipinski definition) is 0. The topological polar surface area (TPSA) is 25.2 Å². The van der Waals surface area contributed by atoms with Crippen LogP contribution in [0.4, 0.5) is 0 Å². The van der Waals surface area contributed by atoms with Crippen LogP contribution in [-0.4, -0.2) is 10.7 Å². The quantitative estimate of drug-likeness (QED) is 0.517. The summed E-state index contributed by atoms with van der Waals surface area (Å²) >= 11 is 1.40. The van der Waals surface area contributed by atoms with Gasteiger partial charge < -0.3 is 0 Å². The second-order valence-corrected chi connectivity index (χ2v) is 5.21. The van der Waals surface area contributed by atoms with Crippen molar-refractivity contribution in [3.05, 3.63) is 96.2 Å². The summed E-state index contributed by atoms with van der Waals surface area (Å²) in [6.07, 6.45) is 1.78. The van der Waals surface area contributed by atoms with Gasteiger partial charge in [-0.25, -0.2) is 9.38 Å². The van der Waals surface area contributed by atoms with E-state index in [4.69, 9.17) is 4.40 Å². The van der Waals surface area contributed by atoms with Crippen molar-refractivity contribution in [2.45, 2.75) is 5.03 Å². The Balaban J connectivity index is 1.97. The van der Waals surface area contributed by atoms with Crippen LogP contribution in [0.3, 0.4) is 0 Å². The van der Waals surface area contributed by atoms with Gasteiger partial charge in [-0.2, -0.15) is 0 Å². The molecule has 0 amide bonds. The van der Waals surface area contributed by atoms with Crippen LogP contribution >= 0.6 is 11.9 Å². The van der Waals surface area contributed by atoms with Gasteiger partial charge in [0.15, 0.2) is 0 Å². The second kappa shape index (κ2) is 6.86. The Morgan fingerprint density at radius 1 is 0.714 bits per heavy atom. The van der Waals surface area contributed by atoms with E-state index in [1.807, 2.05) is 54.6 Å². The largest absolute Gasteiger partial charge is 0.248 e. The maximum Gasteiger partial charge on any atom is 0.119 e. The molecule has 0 saturated carbocycles. The van der Waals surface area contributed by atoms with Crippen LogP contribution in [0, 0.1) is 0 Å². The van der Waals surface area contributed by atoms with Gasteiger partial charge in [-0.1, -0.05) is 66.7 Å². The molecule has 0 spiro atoms. The molecule has 0 N–H and O–H groups in total. The molecule has 0 aliphatic carbocycles. The molecule has 3 aromatic rings. The van der Waals surface area contributed by atoms with Gasteiger partial charge in [-0.15, -0.1) is 0 Å². The SMILES string of the molecule is c1ccc(C(=NSc2ccccn2)c2ccccc2)cc1. The fourth-order valence-corrected chi connectivity index (χ4v) is 2.60. The van der Waals surface area contributed by atoms with E-state index in [0.29, 0.717) is 0 Å². The zero-order chi connectivity index (χ0) is 14.3. The van der Waals surface area contributed by atoms with Crippen LogP contribution in [0.15, 0.2) is 94.5 Å². The van der Waals surface area contributed by atoms with E-state index in [1.165, 1.54) is 11.9 Å². The molecule has 21 heavy (non-hydrogen) atoms. The molecule has 0 atom stereocenters. The van der Waals surface area contributed by atoms with Crippen molar-refractivity contribution in [2.75, 3.05) is 0 Å². The van der Waals surface area contributed by atoms with Crippen molar-refractivity contribution in [1.82, 2.24) is 4.98 Å². The van der Waals surface area contributed by atoms with Crippen LogP contribution in [0.2, 0.25) is 0 Å². The first kappa shape index (κ1) is 13.6. The van der Waals surface area contributed by atoms with Crippen molar-refractivity contribution < 1.29 is 0 Å². The van der Waals surface area contributed by atoms with Crippen LogP contribution < -0.4 is 0 Å². The molecule has 0 fully saturated rings. The number of pyridine rings is 1. The summed E-state index contributed by atoms with van der Waals surface area (Å²) < 4.78 is 4.71. The highest BCUT2D eigenvalue weighted by molar-refractivity contribution is 7.98. The van der Waals surface area contributed by atoms with Crippen LogP contribution in [-0.2, 0) is 0 Å². The van der Waals surface area contributed by atoms with Crippen molar-refractivity contribution >= 4 is 17.7 Å². The van der Waals surface area contributed by atoms with Crippen molar-refractivity contribution in [3.8, 4) is 0 Å². The van der Waals surface area contributed by atoms with Crippen molar-refractivity contribution in [1.29, 1.82) is 0 Å². The fraction of sp³-hybridized carbons (Fsp3) is 0. The van der Waals surface area contributed by atoms with Gasteiger partial charge in [0.1, 0.15) is 5.03 Å². The molecule has 2 nitrogen and oxygen atoms in total. The van der Waals surface area contributed by atoms with Gasteiger partial charge >= 0.3 is 0 Å². The lowest BCUT2D eigenvalue weighted by Gasteiger charge is -2.06. The van der Waals surface area contributed by atoms with Crippen molar-refractivity contribution in [3.63, 3.8) is 0 Å². The molecule has 3 heteroatoms. The molecule has 0 bridgehead atoms. The number of aromatic nitrogens is 1. The smallest absolute Gasteiger partial charge is 0.119 e. The zero-order valence-corrected chi connectivity index (χ0v) is 12.2. The minimum Gasteiger partial charge on any atom is -0.248 e. The minimum absolute atomic E-state index is 0.891. The molecule has 0 unspecified atom stereocenters. The lowest BCUT2D eigenvalue weighted by molar-refractivity contribution is 1.14. The summed E-state index contributed by atoms with van der Waals surface area (Å²) in [6, 6.07) is 26.3. The maximum atomic E-state index is 4.71. The molecule has 0 saturated heterocycles. The summed E-state index contributed by atoms with van der Waals surface area (Å²) in [7, 11) is 0. The third-order valence-electron chi connectivity index (χ3n) is 2.96. The number of rotatable bonds is 4. The Labute approximate surface area is 128 Å². The number of benzene rings is 2. The van der Waals surface area contributed by atoms with Gasteiger partial charge in [0.05, 0.1) is 5.71 Å². The molecule has 1 aromatic heterocycles. The highest BCUT2D eigenvalue weighted by Crippen LogP contribution is 2.20. The Morgan fingerprint density at radius 3 is 1.81 bits per heavy atom. The Kier molecular flexibility index (Phi) is 4.44. The van der Waals surface area contributed by atoms with E-state index < -0.39 is 0 Å². The summed E-state index contributed by atoms with van der Waals surface area (Å²) in [4.78, 5) is 4.29. The van der Waals surface area contributed by atoms with Gasteiger partial charge in [-0.05, 0) is 12.1 Å².